The fraction of sp³-hybridized carbons (Fsp3) is 0.176. The van der Waals surface area contributed by atoms with Crippen LogP contribution < -0.4 is 32.7 Å². The van der Waals surface area contributed by atoms with Gasteiger partial charge in [0.25, 0.3) is 20.2 Å². The predicted molar refractivity (Wildman–Crippen MR) is 180 cm³/mol. The molecule has 3 aromatic rings. The number of nitrogens with one attached hydrogen (secondary N) is 1. The first kappa shape index (κ1) is 33.1. The van der Waals surface area contributed by atoms with Gasteiger partial charge in [-0.1, -0.05) is 67.8 Å². The van der Waals surface area contributed by atoms with E-state index in [4.69, 9.17) is 5.73 Å². The highest BCUT2D eigenvalue weighted by atomic mass is 32.2. The summed E-state index contributed by atoms with van der Waals surface area (Å²) in [5, 5.41) is 2.40. The zero-order valence-electron chi connectivity index (χ0n) is 25.8. The molecule has 0 saturated heterocycles. The zero-order chi connectivity index (χ0) is 35.7. The molecule has 3 aromatic carbocycles. The van der Waals surface area contributed by atoms with E-state index in [9.17, 15) is 45.1 Å². The summed E-state index contributed by atoms with van der Waals surface area (Å²) in [7, 11) is -10.3. The van der Waals surface area contributed by atoms with E-state index in [1.807, 2.05) is 0 Å². The minimum absolute atomic E-state index is 0.0387. The summed E-state index contributed by atoms with van der Waals surface area (Å²) < 4.78 is 71.1. The van der Waals surface area contributed by atoms with Gasteiger partial charge in [0, 0.05) is 21.9 Å². The summed E-state index contributed by atoms with van der Waals surface area (Å²) in [6.45, 7) is 0. The summed E-state index contributed by atoms with van der Waals surface area (Å²) in [6.07, 6.45) is 3.96. The summed E-state index contributed by atoms with van der Waals surface area (Å²) in [4.78, 5) is 58.3. The molecule has 14 nitrogen and oxygen atoms in total. The van der Waals surface area contributed by atoms with Crippen molar-refractivity contribution in [3.8, 4) is 0 Å². The molecule has 0 unspecified atom stereocenters. The SMILES string of the molecule is Nc1c(S(=O)(=O)O)cc(N/N=c2\c(S(=O)(=O)O)cc(=NC3CCCCC3)c3c(=O)c4ccccc4c(=O)c2=3)c2c1C(=O)c1ccccc1C2=O. The van der Waals surface area contributed by atoms with Crippen molar-refractivity contribution in [2.75, 3.05) is 11.2 Å². The Balaban J connectivity index is 1.62. The summed E-state index contributed by atoms with van der Waals surface area (Å²) in [5.41, 5.74) is 4.54. The average Bonchev–Trinajstić information content (AvgIpc) is 3.08. The third kappa shape index (κ3) is 5.32. The monoisotopic (exact) mass is 714 g/mol. The van der Waals surface area contributed by atoms with Crippen LogP contribution in [0.4, 0.5) is 11.4 Å². The van der Waals surface area contributed by atoms with E-state index in [0.717, 1.165) is 31.4 Å². The minimum Gasteiger partial charge on any atom is -0.397 e. The van der Waals surface area contributed by atoms with E-state index in [1.54, 1.807) is 6.07 Å². The fourth-order valence-electron chi connectivity index (χ4n) is 6.76. The lowest BCUT2D eigenvalue weighted by molar-refractivity contribution is 0.0980. The van der Waals surface area contributed by atoms with E-state index in [2.05, 4.69) is 15.5 Å². The molecule has 0 amide bonds. The first-order chi connectivity index (χ1) is 23.7. The van der Waals surface area contributed by atoms with Crippen molar-refractivity contribution in [1.29, 1.82) is 0 Å². The Hall–Kier alpha value is -5.42. The second-order valence-corrected chi connectivity index (χ2v) is 14.9. The maximum Gasteiger partial charge on any atom is 0.296 e. The number of hydrogen-bond donors (Lipinski definition) is 4. The molecule has 0 bridgehead atoms. The number of benzene rings is 3. The van der Waals surface area contributed by atoms with Crippen LogP contribution in [0.25, 0.3) is 10.8 Å². The number of ketones is 2. The highest BCUT2D eigenvalue weighted by Crippen LogP contribution is 2.39. The Morgan fingerprint density at radius 2 is 1.24 bits per heavy atom. The number of carbonyl (C=O) groups is 2. The quantitative estimate of drug-likeness (QED) is 0.114. The van der Waals surface area contributed by atoms with Gasteiger partial charge in [-0.2, -0.15) is 21.9 Å². The lowest BCUT2D eigenvalue weighted by Crippen LogP contribution is -2.34. The van der Waals surface area contributed by atoms with Crippen LogP contribution in [0.2, 0.25) is 0 Å². The van der Waals surface area contributed by atoms with E-state index in [0.29, 0.717) is 12.8 Å². The van der Waals surface area contributed by atoms with Crippen LogP contribution in [0.15, 0.2) is 90.1 Å². The summed E-state index contributed by atoms with van der Waals surface area (Å²) >= 11 is 0. The summed E-state index contributed by atoms with van der Waals surface area (Å²) in [6, 6.07) is 12.9. The summed E-state index contributed by atoms with van der Waals surface area (Å²) in [5.74, 6) is -1.64. The number of nitrogen functional groups attached to an aromatic ring is 1. The molecule has 16 heteroatoms. The van der Waals surface area contributed by atoms with Gasteiger partial charge in [-0.15, -0.1) is 0 Å². The normalized spacial score (nSPS) is 16.2. The highest BCUT2D eigenvalue weighted by molar-refractivity contribution is 7.86. The third-order valence-electron chi connectivity index (χ3n) is 9.05. The van der Waals surface area contributed by atoms with Crippen molar-refractivity contribution in [1.82, 2.24) is 0 Å². The molecule has 50 heavy (non-hydrogen) atoms. The molecule has 1 fully saturated rings. The number of nitrogens with zero attached hydrogens (tertiary/aromatic N) is 2. The van der Waals surface area contributed by atoms with Gasteiger partial charge < -0.3 is 5.73 Å². The second kappa shape index (κ2) is 11.9. The number of anilines is 2. The molecule has 0 aliphatic heterocycles. The number of nitrogens with two attached hydrogens (primary N) is 1. The molecule has 254 valence electrons. The minimum atomic E-state index is -5.20. The van der Waals surface area contributed by atoms with Gasteiger partial charge in [0.2, 0.25) is 0 Å². The van der Waals surface area contributed by atoms with E-state index >= 15 is 0 Å². The lowest BCUT2D eigenvalue weighted by atomic mass is 9.82. The Bertz CT molecular complexity index is 2870. The topological polar surface area (TPSA) is 240 Å². The number of hydrogen-bond acceptors (Lipinski definition) is 12. The van der Waals surface area contributed by atoms with Crippen LogP contribution in [0, 0.1) is 10.4 Å². The van der Waals surface area contributed by atoms with Crippen LogP contribution in [0.1, 0.15) is 63.9 Å². The third-order valence-corrected chi connectivity index (χ3v) is 10.8. The van der Waals surface area contributed by atoms with Crippen molar-refractivity contribution in [3.63, 3.8) is 0 Å². The molecule has 0 radical (unpaired) electrons. The molecular formula is C34H26N4O10S2. The van der Waals surface area contributed by atoms with Gasteiger partial charge in [0.15, 0.2) is 22.4 Å². The molecule has 4 aliphatic carbocycles. The fourth-order valence-corrected chi connectivity index (χ4v) is 8.06. The van der Waals surface area contributed by atoms with Gasteiger partial charge in [0.05, 0.1) is 44.3 Å². The van der Waals surface area contributed by atoms with E-state index < -0.39 is 85.5 Å². The van der Waals surface area contributed by atoms with Crippen LogP contribution in [-0.2, 0) is 20.2 Å². The van der Waals surface area contributed by atoms with E-state index in [-0.39, 0.29) is 38.5 Å². The van der Waals surface area contributed by atoms with E-state index in [1.165, 1.54) is 42.5 Å². The molecule has 0 spiro atoms. The Morgan fingerprint density at radius 1 is 0.700 bits per heavy atom. The highest BCUT2D eigenvalue weighted by Gasteiger charge is 2.36. The zero-order valence-corrected chi connectivity index (χ0v) is 27.5. The molecule has 7 rings (SSSR count). The molecule has 0 heterocycles. The number of carbonyl (C=O) groups excluding carboxylic acids is 2. The smallest absolute Gasteiger partial charge is 0.296 e. The molecule has 0 atom stereocenters. The van der Waals surface area contributed by atoms with Crippen molar-refractivity contribution in [2.24, 2.45) is 10.1 Å². The molecule has 5 N–H and O–H groups in total. The van der Waals surface area contributed by atoms with Gasteiger partial charge in [-0.3, -0.25) is 38.7 Å². The lowest BCUT2D eigenvalue weighted by Gasteiger charge is -2.22. The molecule has 0 aromatic heterocycles. The van der Waals surface area contributed by atoms with Crippen LogP contribution in [-0.4, -0.2) is 43.5 Å². The largest absolute Gasteiger partial charge is 0.397 e. The Morgan fingerprint density at radius 3 is 1.82 bits per heavy atom. The van der Waals surface area contributed by atoms with Crippen molar-refractivity contribution in [3.05, 3.63) is 125 Å². The Kier molecular flexibility index (Phi) is 7.86. The maximum atomic E-state index is 14.1. The van der Waals surface area contributed by atoms with Gasteiger partial charge in [0.1, 0.15) is 15.1 Å². The van der Waals surface area contributed by atoms with Crippen molar-refractivity contribution < 1.29 is 35.5 Å². The standard InChI is InChI=1S/C34H26N4O10S2/c35-29-23(49(43,44)45)15-22(26-27(29)33(41)19-12-6-4-10-17(19)32(26)40)37-38-30-24(50(46,47)48)14-21(36-16-8-2-1-3-9-16)25-28(30)34(42)20-13-7-5-11-18(20)31(25)39/h4-7,10-16,37H,1-3,8-9,35H2,(H,43,44,45)(H,46,47,48)/b36-21?,38-30+. The molecular weight excluding hydrogens is 689 g/mol. The Labute approximate surface area is 282 Å². The average molecular weight is 715 g/mol. The van der Waals surface area contributed by atoms with Crippen molar-refractivity contribution in [2.45, 2.75) is 47.9 Å². The second-order valence-electron chi connectivity index (χ2n) is 12.1. The first-order valence-corrected chi connectivity index (χ1v) is 18.2. The predicted octanol–water partition coefficient (Wildman–Crippen LogP) is 2.17. The van der Waals surface area contributed by atoms with Gasteiger partial charge >= 0.3 is 0 Å². The first-order valence-electron chi connectivity index (χ1n) is 15.4. The maximum absolute atomic E-state index is 14.1. The van der Waals surface area contributed by atoms with Crippen molar-refractivity contribution >= 4 is 53.9 Å². The van der Waals surface area contributed by atoms with Gasteiger partial charge in [-0.05, 0) is 25.0 Å². The number of fused-ring (bicyclic) bond motifs is 3. The van der Waals surface area contributed by atoms with Gasteiger partial charge in [-0.25, -0.2) is 0 Å². The van der Waals surface area contributed by atoms with Crippen LogP contribution in [0.5, 0.6) is 0 Å². The molecule has 4 aliphatic rings. The molecule has 1 saturated carbocycles. The number of rotatable bonds is 5. The van der Waals surface area contributed by atoms with Crippen LogP contribution >= 0.6 is 0 Å². The van der Waals surface area contributed by atoms with Crippen LogP contribution in [0.3, 0.4) is 0 Å².